The lowest BCUT2D eigenvalue weighted by Gasteiger charge is -2.13. The number of hydrogen-bond acceptors (Lipinski definition) is 9. The lowest BCUT2D eigenvalue weighted by atomic mass is 10.1. The van der Waals surface area contributed by atoms with E-state index in [-0.39, 0.29) is 40.0 Å². The van der Waals surface area contributed by atoms with E-state index >= 15 is 0 Å². The third-order valence-electron chi connectivity index (χ3n) is 7.11. The summed E-state index contributed by atoms with van der Waals surface area (Å²) < 4.78 is 99.1. The molecule has 0 spiro atoms. The normalized spacial score (nSPS) is 11.3. The first-order chi connectivity index (χ1) is 23.6. The van der Waals surface area contributed by atoms with Gasteiger partial charge in [0.15, 0.2) is 46.1 Å². The largest absolute Gasteiger partial charge is 0.493 e. The number of carbonyl (C=O) groups excluding carboxylic acids is 1. The zero-order chi connectivity index (χ0) is 37.1. The van der Waals surface area contributed by atoms with Gasteiger partial charge in [0.2, 0.25) is 10.0 Å². The van der Waals surface area contributed by atoms with E-state index in [1.54, 1.807) is 24.3 Å². The molecule has 15 heteroatoms. The molecule has 0 aliphatic carbocycles. The second-order valence-electron chi connectivity index (χ2n) is 10.7. The Labute approximate surface area is 295 Å². The van der Waals surface area contributed by atoms with Crippen LogP contribution in [-0.4, -0.2) is 43.4 Å². The van der Waals surface area contributed by atoms with Gasteiger partial charge in [-0.2, -0.15) is 0 Å². The van der Waals surface area contributed by atoms with Crippen LogP contribution in [-0.2, 0) is 36.7 Å². The number of ether oxygens (including phenoxy) is 4. The average Bonchev–Trinajstić information content (AvgIpc) is 3.08. The summed E-state index contributed by atoms with van der Waals surface area (Å²) >= 11 is 0. The number of benzene rings is 4. The molecule has 50 heavy (non-hydrogen) atoms. The molecule has 0 saturated carbocycles. The first-order valence-electron chi connectivity index (χ1n) is 15.3. The third kappa shape index (κ3) is 11.4. The molecule has 0 atom stereocenters. The van der Waals surface area contributed by atoms with Crippen molar-refractivity contribution in [1.82, 2.24) is 4.72 Å². The monoisotopic (exact) mass is 753 g/mol. The van der Waals surface area contributed by atoms with Gasteiger partial charge in [0.05, 0.1) is 24.0 Å². The highest BCUT2D eigenvalue weighted by Gasteiger charge is 2.18. The molecule has 0 unspecified atom stereocenters. The number of ketones is 1. The van der Waals surface area contributed by atoms with E-state index in [0.29, 0.717) is 29.4 Å². The highest BCUT2D eigenvalue weighted by Crippen LogP contribution is 2.36. The van der Waals surface area contributed by atoms with Crippen molar-refractivity contribution in [2.75, 3.05) is 20.8 Å². The Kier molecular flexibility index (Phi) is 14.6. The molecule has 4 aromatic carbocycles. The average molecular weight is 754 g/mol. The third-order valence-corrected chi connectivity index (χ3v) is 9.92. The first kappa shape index (κ1) is 40.2. The van der Waals surface area contributed by atoms with E-state index in [1.807, 2.05) is 26.0 Å². The first-order valence-corrected chi connectivity index (χ1v) is 19.1. The van der Waals surface area contributed by atoms with Crippen LogP contribution in [0.3, 0.4) is 0 Å². The molecule has 0 radical (unpaired) electrons. The minimum atomic E-state index is -3.98. The van der Waals surface area contributed by atoms with Crippen molar-refractivity contribution < 1.29 is 49.4 Å². The molecule has 0 aromatic heterocycles. The maximum atomic E-state index is 14.4. The fourth-order valence-electron chi connectivity index (χ4n) is 4.34. The predicted octanol–water partition coefficient (Wildman–Crippen LogP) is 7.95. The van der Waals surface area contributed by atoms with E-state index in [2.05, 4.69) is 4.72 Å². The minimum absolute atomic E-state index is 0.0193. The molecule has 0 bridgehead atoms. The van der Waals surface area contributed by atoms with Crippen molar-refractivity contribution in [3.8, 4) is 34.5 Å². The van der Waals surface area contributed by atoms with Gasteiger partial charge < -0.3 is 23.7 Å². The Hall–Kier alpha value is -4.24. The number of methoxy groups -OCH3 is 2. The van der Waals surface area contributed by atoms with Gasteiger partial charge in [0.25, 0.3) is 9.05 Å². The highest BCUT2D eigenvalue weighted by molar-refractivity contribution is 8.13. The maximum Gasteiger partial charge on any atom is 0.261 e. The molecule has 270 valence electrons. The second kappa shape index (κ2) is 18.1. The zero-order valence-electron chi connectivity index (χ0n) is 28.1. The van der Waals surface area contributed by atoms with Gasteiger partial charge in [-0.3, -0.25) is 0 Å². The summed E-state index contributed by atoms with van der Waals surface area (Å²) in [4.78, 5) is 10.4. The molecule has 1 N–H and O–H groups in total. The van der Waals surface area contributed by atoms with E-state index < -0.39 is 30.7 Å². The number of rotatable bonds is 15. The number of nitrogens with one attached hydrogen (secondary N) is 1. The van der Waals surface area contributed by atoms with Crippen molar-refractivity contribution >= 4 is 35.5 Å². The summed E-state index contributed by atoms with van der Waals surface area (Å²) in [7, 11) is 0.289. The van der Waals surface area contributed by atoms with Gasteiger partial charge in [-0.1, -0.05) is 26.0 Å². The number of aryl methyl sites for hydroxylation is 2. The lowest BCUT2D eigenvalue weighted by Crippen LogP contribution is -2.25. The smallest absolute Gasteiger partial charge is 0.261 e. The summed E-state index contributed by atoms with van der Waals surface area (Å²) in [6, 6.07) is 17.2. The van der Waals surface area contributed by atoms with Crippen LogP contribution in [0.5, 0.6) is 34.5 Å². The molecule has 10 nitrogen and oxygen atoms in total. The lowest BCUT2D eigenvalue weighted by molar-refractivity contribution is -0.117. The van der Waals surface area contributed by atoms with Crippen molar-refractivity contribution in [3.05, 3.63) is 95.6 Å². The highest BCUT2D eigenvalue weighted by atomic mass is 35.7. The Balaban J connectivity index is 0.000000278. The quantitative estimate of drug-likeness (QED) is 0.0948. The second-order valence-corrected chi connectivity index (χ2v) is 15.0. The Morgan fingerprint density at radius 2 is 1.12 bits per heavy atom. The summed E-state index contributed by atoms with van der Waals surface area (Å²) in [6.07, 6.45) is 2.30. The summed E-state index contributed by atoms with van der Waals surface area (Å²) in [5.74, 6) is -0.303. The molecule has 0 saturated heterocycles. The molecule has 0 aliphatic rings. The zero-order valence-corrected chi connectivity index (χ0v) is 30.5. The fraction of sp³-hybridized carbons (Fsp3) is 0.286. The van der Waals surface area contributed by atoms with E-state index in [0.717, 1.165) is 36.1 Å². The van der Waals surface area contributed by atoms with Crippen molar-refractivity contribution in [3.63, 3.8) is 0 Å². The Bertz CT molecular complexity index is 2020. The molecule has 4 rings (SSSR count). The van der Waals surface area contributed by atoms with Crippen LogP contribution in [0.2, 0.25) is 0 Å². The molecule has 4 aromatic rings. The molecular formula is C35H38ClF2NO9S2. The SMILES string of the molecule is CCc1ccc(Oc2ccc(S(=O)(=O)Cl)cc2F)c(OC)c1.CCc1ccc(Oc2ccc(S(=O)(=O)NCCCC(C)=O)cc2F)c(OC)c1. The Morgan fingerprint density at radius 1 is 0.680 bits per heavy atom. The minimum Gasteiger partial charge on any atom is -0.493 e. The number of sulfonamides is 1. The molecule has 0 amide bonds. The van der Waals surface area contributed by atoms with Gasteiger partial charge in [-0.05, 0) is 98.0 Å². The summed E-state index contributed by atoms with van der Waals surface area (Å²) in [5.41, 5.74) is 2.09. The molecule has 0 heterocycles. The summed E-state index contributed by atoms with van der Waals surface area (Å²) in [6.45, 7) is 5.54. The van der Waals surface area contributed by atoms with Crippen LogP contribution in [0.15, 0.2) is 82.6 Å². The van der Waals surface area contributed by atoms with Gasteiger partial charge in [-0.15, -0.1) is 0 Å². The van der Waals surface area contributed by atoms with Gasteiger partial charge in [0.1, 0.15) is 5.78 Å². The van der Waals surface area contributed by atoms with Crippen molar-refractivity contribution in [1.29, 1.82) is 0 Å². The molecule has 0 fully saturated rings. The van der Waals surface area contributed by atoms with Crippen LogP contribution in [0.1, 0.15) is 44.7 Å². The standard InChI is InChI=1S/C20H24FNO5S.C15H14ClFO4S/c1-4-15-7-9-19(20(12-15)26-3)27-18-10-8-16(13-17(18)21)28(24,25)22-11-5-6-14(2)23;1-3-10-4-6-14(15(8-10)20-2)21-13-7-5-11(9-12(13)17)22(16,18)19/h7-10,12-13,22H,4-6,11H2,1-3H3;4-9H,3H2,1-2H3. The van der Waals surface area contributed by atoms with Crippen LogP contribution in [0.4, 0.5) is 8.78 Å². The summed E-state index contributed by atoms with van der Waals surface area (Å²) in [5, 5.41) is 0. The van der Waals surface area contributed by atoms with Crippen molar-refractivity contribution in [2.24, 2.45) is 0 Å². The number of carbonyl (C=O) groups is 1. The Morgan fingerprint density at radius 3 is 1.52 bits per heavy atom. The molecule has 0 aliphatic heterocycles. The predicted molar refractivity (Wildman–Crippen MR) is 186 cm³/mol. The fourth-order valence-corrected chi connectivity index (χ4v) is 6.19. The maximum absolute atomic E-state index is 14.4. The van der Waals surface area contributed by atoms with E-state index in [9.17, 15) is 30.4 Å². The van der Waals surface area contributed by atoms with Crippen molar-refractivity contribution in [2.45, 2.75) is 56.2 Å². The van der Waals surface area contributed by atoms with Crippen LogP contribution in [0, 0.1) is 11.6 Å². The van der Waals surface area contributed by atoms with Crippen LogP contribution >= 0.6 is 10.7 Å². The van der Waals surface area contributed by atoms with Crippen LogP contribution in [0.25, 0.3) is 0 Å². The van der Waals surface area contributed by atoms with E-state index in [1.165, 1.54) is 45.4 Å². The topological polar surface area (TPSA) is 134 Å². The van der Waals surface area contributed by atoms with Crippen LogP contribution < -0.4 is 23.7 Å². The van der Waals surface area contributed by atoms with Gasteiger partial charge in [-0.25, -0.2) is 30.3 Å². The molecular weight excluding hydrogens is 716 g/mol. The van der Waals surface area contributed by atoms with E-state index in [4.69, 9.17) is 29.6 Å². The number of hydrogen-bond donors (Lipinski definition) is 1. The number of halogens is 3. The van der Waals surface area contributed by atoms with Gasteiger partial charge >= 0.3 is 0 Å². The number of Topliss-reactive ketones (excluding diaryl/α,β-unsaturated/α-hetero) is 1. The van der Waals surface area contributed by atoms with Gasteiger partial charge in [0, 0.05) is 23.6 Å².